The Morgan fingerprint density at radius 3 is 2.42 bits per heavy atom. The average Bonchev–Trinajstić information content (AvgIpc) is 3.24. The predicted molar refractivity (Wildman–Crippen MR) is 124 cm³/mol. The first kappa shape index (κ1) is 24.3. The van der Waals surface area contributed by atoms with Gasteiger partial charge in [0.05, 0.1) is 20.0 Å². The standard InChI is InChI=1S/C24H33N5O4/c1-6-13-29-22(31)20-19(21(30)27(7-2)8-3)26-16-28(20)15-24(29,4)23(32)25-14-17-9-11-18(33-5)12-10-17/h9-12,16H,6-8,13-15H2,1-5H3,(H,25,32). The molecule has 1 aliphatic rings. The van der Waals surface area contributed by atoms with E-state index < -0.39 is 5.54 Å². The number of aromatic nitrogens is 2. The van der Waals surface area contributed by atoms with Crippen LogP contribution in [0.25, 0.3) is 0 Å². The first-order valence-corrected chi connectivity index (χ1v) is 11.4. The van der Waals surface area contributed by atoms with E-state index in [-0.39, 0.29) is 35.7 Å². The number of amides is 3. The SMILES string of the molecule is CCCN1C(=O)c2c(C(=O)N(CC)CC)ncn2CC1(C)C(=O)NCc1ccc(OC)cc1. The molecule has 1 N–H and O–H groups in total. The van der Waals surface area contributed by atoms with Gasteiger partial charge in [-0.2, -0.15) is 0 Å². The number of imidazole rings is 1. The molecule has 0 saturated heterocycles. The molecule has 33 heavy (non-hydrogen) atoms. The van der Waals surface area contributed by atoms with Gasteiger partial charge in [0.25, 0.3) is 11.8 Å². The zero-order chi connectivity index (χ0) is 24.2. The molecular formula is C24H33N5O4. The van der Waals surface area contributed by atoms with Crippen molar-refractivity contribution in [1.29, 1.82) is 0 Å². The molecular weight excluding hydrogens is 422 g/mol. The van der Waals surface area contributed by atoms with E-state index in [1.807, 2.05) is 45.0 Å². The Bertz CT molecular complexity index is 1010. The van der Waals surface area contributed by atoms with E-state index in [2.05, 4.69) is 10.3 Å². The minimum atomic E-state index is -1.11. The van der Waals surface area contributed by atoms with Crippen molar-refractivity contribution >= 4 is 17.7 Å². The van der Waals surface area contributed by atoms with E-state index in [0.29, 0.717) is 32.6 Å². The van der Waals surface area contributed by atoms with Gasteiger partial charge in [-0.1, -0.05) is 19.1 Å². The number of hydrogen-bond donors (Lipinski definition) is 1. The Hall–Kier alpha value is -3.36. The molecule has 178 valence electrons. The third-order valence-electron chi connectivity index (χ3n) is 6.16. The number of carbonyl (C=O) groups is 3. The topological polar surface area (TPSA) is 96.8 Å². The maximum atomic E-state index is 13.6. The smallest absolute Gasteiger partial charge is 0.274 e. The molecule has 3 amide bonds. The van der Waals surface area contributed by atoms with Crippen LogP contribution in [0.2, 0.25) is 0 Å². The normalized spacial score (nSPS) is 17.5. The van der Waals surface area contributed by atoms with Crippen LogP contribution in [0.4, 0.5) is 0 Å². The average molecular weight is 456 g/mol. The lowest BCUT2D eigenvalue weighted by Gasteiger charge is -2.43. The number of methoxy groups -OCH3 is 1. The van der Waals surface area contributed by atoms with Crippen molar-refractivity contribution in [2.45, 2.75) is 52.7 Å². The second kappa shape index (κ2) is 10.1. The molecule has 9 nitrogen and oxygen atoms in total. The zero-order valence-corrected chi connectivity index (χ0v) is 20.1. The van der Waals surface area contributed by atoms with E-state index in [1.54, 1.807) is 28.4 Å². The first-order chi connectivity index (χ1) is 15.8. The minimum absolute atomic E-state index is 0.144. The first-order valence-electron chi connectivity index (χ1n) is 11.4. The van der Waals surface area contributed by atoms with Crippen molar-refractivity contribution < 1.29 is 19.1 Å². The summed E-state index contributed by atoms with van der Waals surface area (Å²) in [6.45, 7) is 9.50. The van der Waals surface area contributed by atoms with Gasteiger partial charge >= 0.3 is 0 Å². The predicted octanol–water partition coefficient (Wildman–Crippen LogP) is 2.31. The van der Waals surface area contributed by atoms with Crippen molar-refractivity contribution in [1.82, 2.24) is 24.7 Å². The molecule has 0 saturated carbocycles. The van der Waals surface area contributed by atoms with Crippen LogP contribution in [0.15, 0.2) is 30.6 Å². The summed E-state index contributed by atoms with van der Waals surface area (Å²) in [6, 6.07) is 7.44. The Balaban J connectivity index is 1.87. The highest BCUT2D eigenvalue weighted by Crippen LogP contribution is 2.29. The fraction of sp³-hybridized carbons (Fsp3) is 0.500. The lowest BCUT2D eigenvalue weighted by Crippen LogP contribution is -2.64. The highest BCUT2D eigenvalue weighted by molar-refractivity contribution is 6.07. The van der Waals surface area contributed by atoms with Crippen molar-refractivity contribution in [2.75, 3.05) is 26.7 Å². The number of nitrogens with one attached hydrogen (secondary N) is 1. The van der Waals surface area contributed by atoms with Gasteiger partial charge in [0, 0.05) is 26.2 Å². The third kappa shape index (κ3) is 4.58. The van der Waals surface area contributed by atoms with E-state index in [9.17, 15) is 14.4 Å². The number of nitrogens with zero attached hydrogens (tertiary/aromatic N) is 4. The number of carbonyl (C=O) groups excluding carboxylic acids is 3. The van der Waals surface area contributed by atoms with Crippen LogP contribution in [0.3, 0.4) is 0 Å². The summed E-state index contributed by atoms with van der Waals surface area (Å²) in [4.78, 5) is 47.3. The number of ether oxygens (including phenoxy) is 1. The molecule has 0 spiro atoms. The largest absolute Gasteiger partial charge is 0.497 e. The van der Waals surface area contributed by atoms with Crippen LogP contribution in [-0.2, 0) is 17.9 Å². The van der Waals surface area contributed by atoms with E-state index in [4.69, 9.17) is 4.74 Å². The van der Waals surface area contributed by atoms with Crippen LogP contribution in [0.1, 0.15) is 60.7 Å². The van der Waals surface area contributed by atoms with Crippen molar-refractivity contribution in [3.05, 3.63) is 47.5 Å². The lowest BCUT2D eigenvalue weighted by atomic mass is 9.93. The molecule has 0 bridgehead atoms. The van der Waals surface area contributed by atoms with Gasteiger partial charge in [0.2, 0.25) is 5.91 Å². The Labute approximate surface area is 194 Å². The molecule has 2 aromatic rings. The zero-order valence-electron chi connectivity index (χ0n) is 20.1. The molecule has 0 aliphatic carbocycles. The van der Waals surface area contributed by atoms with Crippen molar-refractivity contribution in [3.8, 4) is 5.75 Å². The van der Waals surface area contributed by atoms with Gasteiger partial charge in [0.15, 0.2) is 5.69 Å². The van der Waals surface area contributed by atoms with E-state index >= 15 is 0 Å². The molecule has 3 rings (SSSR count). The molecule has 1 unspecified atom stereocenters. The van der Waals surface area contributed by atoms with Crippen LogP contribution < -0.4 is 10.1 Å². The molecule has 1 atom stereocenters. The molecule has 1 aliphatic heterocycles. The fourth-order valence-electron chi connectivity index (χ4n) is 4.19. The Kier molecular flexibility index (Phi) is 7.40. The van der Waals surface area contributed by atoms with E-state index in [0.717, 1.165) is 11.3 Å². The van der Waals surface area contributed by atoms with Gasteiger partial charge in [-0.15, -0.1) is 0 Å². The Morgan fingerprint density at radius 2 is 1.85 bits per heavy atom. The Morgan fingerprint density at radius 1 is 1.18 bits per heavy atom. The van der Waals surface area contributed by atoms with Gasteiger partial charge in [-0.25, -0.2) is 4.98 Å². The quantitative estimate of drug-likeness (QED) is 0.626. The van der Waals surface area contributed by atoms with Crippen LogP contribution in [0, 0.1) is 0 Å². The van der Waals surface area contributed by atoms with Gasteiger partial charge in [0.1, 0.15) is 17.0 Å². The molecule has 9 heteroatoms. The van der Waals surface area contributed by atoms with Crippen molar-refractivity contribution in [2.24, 2.45) is 0 Å². The number of fused-ring (bicyclic) bond motifs is 1. The van der Waals surface area contributed by atoms with Gasteiger partial charge in [-0.3, -0.25) is 14.4 Å². The fourth-order valence-corrected chi connectivity index (χ4v) is 4.19. The maximum Gasteiger partial charge on any atom is 0.274 e. The summed E-state index contributed by atoms with van der Waals surface area (Å²) >= 11 is 0. The molecule has 1 aromatic heterocycles. The lowest BCUT2D eigenvalue weighted by molar-refractivity contribution is -0.133. The highest BCUT2D eigenvalue weighted by Gasteiger charge is 2.48. The summed E-state index contributed by atoms with van der Waals surface area (Å²) in [6.07, 6.45) is 2.17. The highest BCUT2D eigenvalue weighted by atomic mass is 16.5. The van der Waals surface area contributed by atoms with Crippen LogP contribution in [0.5, 0.6) is 5.75 Å². The molecule has 2 heterocycles. The third-order valence-corrected chi connectivity index (χ3v) is 6.16. The number of rotatable bonds is 9. The second-order valence-electron chi connectivity index (χ2n) is 8.31. The summed E-state index contributed by atoms with van der Waals surface area (Å²) < 4.78 is 6.81. The molecule has 1 aromatic carbocycles. The molecule has 0 radical (unpaired) electrons. The van der Waals surface area contributed by atoms with Crippen LogP contribution in [-0.4, -0.2) is 69.4 Å². The van der Waals surface area contributed by atoms with E-state index in [1.165, 1.54) is 6.33 Å². The second-order valence-corrected chi connectivity index (χ2v) is 8.31. The maximum absolute atomic E-state index is 13.6. The van der Waals surface area contributed by atoms with Gasteiger partial charge < -0.3 is 24.4 Å². The summed E-state index contributed by atoms with van der Waals surface area (Å²) in [7, 11) is 1.60. The van der Waals surface area contributed by atoms with Crippen molar-refractivity contribution in [3.63, 3.8) is 0 Å². The summed E-state index contributed by atoms with van der Waals surface area (Å²) in [5.74, 6) is -0.132. The number of benzene rings is 1. The summed E-state index contributed by atoms with van der Waals surface area (Å²) in [5.41, 5.74) is 0.210. The van der Waals surface area contributed by atoms with Gasteiger partial charge in [-0.05, 0) is 44.9 Å². The monoisotopic (exact) mass is 455 g/mol. The summed E-state index contributed by atoms with van der Waals surface area (Å²) in [5, 5.41) is 2.97. The number of hydrogen-bond acceptors (Lipinski definition) is 5. The minimum Gasteiger partial charge on any atom is -0.497 e. The molecule has 0 fully saturated rings. The van der Waals surface area contributed by atoms with Crippen LogP contribution >= 0.6 is 0 Å².